The quantitative estimate of drug-likeness (QED) is 0.310. The molecule has 0 radical (unpaired) electrons. The van der Waals surface area contributed by atoms with Crippen LogP contribution in [0.5, 0.6) is 0 Å². The van der Waals surface area contributed by atoms with Crippen LogP contribution in [0.1, 0.15) is 67.2 Å². The minimum atomic E-state index is -2.47. The van der Waals surface area contributed by atoms with Crippen molar-refractivity contribution in [3.8, 4) is 0 Å². The Kier molecular flexibility index (Phi) is 13.8. The van der Waals surface area contributed by atoms with Crippen molar-refractivity contribution in [1.82, 2.24) is 0 Å². The van der Waals surface area contributed by atoms with Crippen LogP contribution in [-0.4, -0.2) is 36.7 Å². The highest BCUT2D eigenvalue weighted by Gasteiger charge is 2.41. The zero-order valence-electron chi connectivity index (χ0n) is 16.7. The molecular formula is C18H42O3Si2. The summed E-state index contributed by atoms with van der Waals surface area (Å²) >= 11 is 0. The van der Waals surface area contributed by atoms with Gasteiger partial charge in [-0.15, -0.1) is 0 Å². The Morgan fingerprint density at radius 2 is 0.957 bits per heavy atom. The van der Waals surface area contributed by atoms with Crippen LogP contribution in [0.2, 0.25) is 30.2 Å². The van der Waals surface area contributed by atoms with E-state index in [4.69, 9.17) is 13.3 Å². The second kappa shape index (κ2) is 13.6. The summed E-state index contributed by atoms with van der Waals surface area (Å²) in [5.41, 5.74) is 0. The highest BCUT2D eigenvalue weighted by Crippen LogP contribution is 2.30. The van der Waals surface area contributed by atoms with E-state index in [9.17, 15) is 0 Å². The van der Waals surface area contributed by atoms with Crippen LogP contribution in [0.3, 0.4) is 0 Å². The largest absolute Gasteiger partial charge is 0.500 e. The van der Waals surface area contributed by atoms with Gasteiger partial charge < -0.3 is 13.3 Å². The van der Waals surface area contributed by atoms with Gasteiger partial charge in [0.15, 0.2) is 0 Å². The Labute approximate surface area is 147 Å². The average molecular weight is 363 g/mol. The Hall–Kier alpha value is 0.314. The number of rotatable bonds is 16. The predicted molar refractivity (Wildman–Crippen MR) is 106 cm³/mol. The van der Waals surface area contributed by atoms with Gasteiger partial charge in [0.25, 0.3) is 0 Å². The van der Waals surface area contributed by atoms with Crippen LogP contribution >= 0.6 is 0 Å². The third-order valence-corrected chi connectivity index (χ3v) is 13.8. The molecule has 0 N–H and O–H groups in total. The monoisotopic (exact) mass is 362 g/mol. The molecule has 3 nitrogen and oxygen atoms in total. The van der Waals surface area contributed by atoms with Gasteiger partial charge in [0.1, 0.15) is 0 Å². The molecule has 0 heterocycles. The highest BCUT2D eigenvalue weighted by molar-refractivity contribution is 6.79. The van der Waals surface area contributed by atoms with Gasteiger partial charge in [-0.1, -0.05) is 72.1 Å². The topological polar surface area (TPSA) is 27.7 Å². The fourth-order valence-electron chi connectivity index (χ4n) is 3.07. The maximum Gasteiger partial charge on any atom is 0.500 e. The summed E-state index contributed by atoms with van der Waals surface area (Å²) in [6.45, 7) is 15.9. The average Bonchev–Trinajstić information content (AvgIpc) is 2.60. The van der Waals surface area contributed by atoms with E-state index in [-0.39, 0.29) is 0 Å². The molecule has 0 aromatic rings. The first-order valence-electron chi connectivity index (χ1n) is 9.99. The molecular weight excluding hydrogens is 320 g/mol. The summed E-state index contributed by atoms with van der Waals surface area (Å²) in [4.78, 5) is 0. The van der Waals surface area contributed by atoms with E-state index in [1.807, 2.05) is 0 Å². The van der Waals surface area contributed by atoms with Crippen LogP contribution in [0.15, 0.2) is 0 Å². The zero-order chi connectivity index (χ0) is 17.6. The van der Waals surface area contributed by atoms with Gasteiger partial charge in [0.05, 0.1) is 8.07 Å². The number of hydrogen-bond acceptors (Lipinski definition) is 3. The van der Waals surface area contributed by atoms with Gasteiger partial charge in [-0.3, -0.25) is 0 Å². The lowest BCUT2D eigenvalue weighted by atomic mass is 10.5. The lowest BCUT2D eigenvalue weighted by molar-refractivity contribution is 0.0590. The first-order chi connectivity index (χ1) is 11.1. The lowest BCUT2D eigenvalue weighted by Crippen LogP contribution is -2.47. The van der Waals surface area contributed by atoms with Gasteiger partial charge >= 0.3 is 8.80 Å². The standard InChI is InChI=1S/C18H42O3Si2/c1-7-14-19-23(20-15-8-2,21-16-9-3)18-13-17-22(10-4,11-5)12-6/h7-18H2,1-6H3. The molecule has 0 aliphatic carbocycles. The molecule has 0 saturated carbocycles. The molecule has 0 amide bonds. The first kappa shape index (κ1) is 23.3. The SMILES string of the molecule is CCCO[Si](CCC[Si](CC)(CC)CC)(OCCC)OCCC. The van der Waals surface area contributed by atoms with Crippen molar-refractivity contribution in [3.05, 3.63) is 0 Å². The molecule has 0 aliphatic heterocycles. The molecule has 0 rings (SSSR count). The fourth-order valence-corrected chi connectivity index (χ4v) is 9.75. The van der Waals surface area contributed by atoms with Gasteiger partial charge in [-0.25, -0.2) is 0 Å². The van der Waals surface area contributed by atoms with Gasteiger partial charge in [0, 0.05) is 25.9 Å². The van der Waals surface area contributed by atoms with Crippen LogP contribution in [0.4, 0.5) is 0 Å². The summed E-state index contributed by atoms with van der Waals surface area (Å²) in [7, 11) is -3.53. The normalized spacial score (nSPS) is 12.8. The van der Waals surface area contributed by atoms with Crippen molar-refractivity contribution in [2.24, 2.45) is 0 Å². The molecule has 0 atom stereocenters. The van der Waals surface area contributed by atoms with Crippen molar-refractivity contribution in [3.63, 3.8) is 0 Å². The molecule has 0 saturated heterocycles. The number of hydrogen-bond donors (Lipinski definition) is 0. The van der Waals surface area contributed by atoms with E-state index in [1.54, 1.807) is 0 Å². The molecule has 0 spiro atoms. The predicted octanol–water partition coefficient (Wildman–Crippen LogP) is 6.10. The third kappa shape index (κ3) is 8.82. The summed E-state index contributed by atoms with van der Waals surface area (Å²) in [6, 6.07) is 6.59. The van der Waals surface area contributed by atoms with Crippen LogP contribution in [-0.2, 0) is 13.3 Å². The van der Waals surface area contributed by atoms with Crippen molar-refractivity contribution in [2.45, 2.75) is 97.4 Å². The van der Waals surface area contributed by atoms with Crippen molar-refractivity contribution >= 4 is 16.9 Å². The molecule has 23 heavy (non-hydrogen) atoms. The maximum absolute atomic E-state index is 6.21. The smallest absolute Gasteiger partial charge is 0.373 e. The van der Waals surface area contributed by atoms with E-state index < -0.39 is 16.9 Å². The molecule has 0 fully saturated rings. The van der Waals surface area contributed by atoms with E-state index >= 15 is 0 Å². The Morgan fingerprint density at radius 1 is 0.565 bits per heavy atom. The van der Waals surface area contributed by atoms with Crippen molar-refractivity contribution in [1.29, 1.82) is 0 Å². The Balaban J connectivity index is 4.80. The second-order valence-corrected chi connectivity index (χ2v) is 15.0. The molecule has 0 aromatic heterocycles. The minimum absolute atomic E-state index is 0.761. The minimum Gasteiger partial charge on any atom is -0.373 e. The summed E-state index contributed by atoms with van der Waals surface area (Å²) in [5, 5.41) is 0. The van der Waals surface area contributed by atoms with Crippen molar-refractivity contribution < 1.29 is 13.3 Å². The lowest BCUT2D eigenvalue weighted by Gasteiger charge is -2.32. The van der Waals surface area contributed by atoms with E-state index in [1.165, 1.54) is 30.6 Å². The van der Waals surface area contributed by atoms with Gasteiger partial charge in [-0.05, 0) is 19.3 Å². The second-order valence-electron chi connectivity index (χ2n) is 6.64. The summed E-state index contributed by atoms with van der Waals surface area (Å²) < 4.78 is 18.6. The van der Waals surface area contributed by atoms with E-state index in [0.29, 0.717) is 0 Å². The molecule has 0 bridgehead atoms. The highest BCUT2D eigenvalue weighted by atomic mass is 28.4. The van der Waals surface area contributed by atoms with Gasteiger partial charge in [-0.2, -0.15) is 0 Å². The maximum atomic E-state index is 6.21. The molecule has 0 unspecified atom stereocenters. The first-order valence-corrected chi connectivity index (χ1v) is 14.7. The fraction of sp³-hybridized carbons (Fsp3) is 1.00. The third-order valence-electron chi connectivity index (χ3n) is 5.02. The Morgan fingerprint density at radius 3 is 1.26 bits per heavy atom. The summed E-state index contributed by atoms with van der Waals surface area (Å²) in [6.07, 6.45) is 4.29. The zero-order valence-corrected chi connectivity index (χ0v) is 18.7. The van der Waals surface area contributed by atoms with Crippen LogP contribution in [0.25, 0.3) is 0 Å². The van der Waals surface area contributed by atoms with Gasteiger partial charge in [0.2, 0.25) is 0 Å². The summed E-state index contributed by atoms with van der Waals surface area (Å²) in [5.74, 6) is 0. The van der Waals surface area contributed by atoms with Crippen LogP contribution < -0.4 is 0 Å². The molecule has 140 valence electrons. The molecule has 5 heteroatoms. The van der Waals surface area contributed by atoms with E-state index in [0.717, 1.165) is 45.1 Å². The van der Waals surface area contributed by atoms with Crippen molar-refractivity contribution in [2.75, 3.05) is 19.8 Å². The van der Waals surface area contributed by atoms with E-state index in [2.05, 4.69) is 41.5 Å². The van der Waals surface area contributed by atoms with Crippen LogP contribution in [0, 0.1) is 0 Å². The molecule has 0 aliphatic rings. The Bertz CT molecular complexity index is 241. The molecule has 0 aromatic carbocycles.